The number of hydrazine groups is 1. The quantitative estimate of drug-likeness (QED) is 0.577. The van der Waals surface area contributed by atoms with Crippen molar-refractivity contribution in [3.63, 3.8) is 0 Å². The summed E-state index contributed by atoms with van der Waals surface area (Å²) in [5, 5.41) is 2.43. The molecule has 0 aromatic heterocycles. The van der Waals surface area contributed by atoms with E-state index in [4.69, 9.17) is 0 Å². The fraction of sp³-hybridized carbons (Fsp3) is 0.214. The summed E-state index contributed by atoms with van der Waals surface area (Å²) in [6.07, 6.45) is 0.506. The Hall–Kier alpha value is -2.77. The second-order valence-corrected chi connectivity index (χ2v) is 4.70. The van der Waals surface area contributed by atoms with Crippen LogP contribution in [0.4, 0.5) is 14.5 Å². The van der Waals surface area contributed by atoms with Crippen molar-refractivity contribution in [1.29, 1.82) is 0 Å². The van der Waals surface area contributed by atoms with Gasteiger partial charge in [0.15, 0.2) is 0 Å². The van der Waals surface area contributed by atoms with Gasteiger partial charge >= 0.3 is 0 Å². The molecule has 1 atom stereocenters. The lowest BCUT2D eigenvalue weighted by molar-refractivity contribution is -0.125. The van der Waals surface area contributed by atoms with Crippen LogP contribution >= 0.6 is 0 Å². The first-order valence-corrected chi connectivity index (χ1v) is 6.35. The monoisotopic (exact) mass is 309 g/mol. The molecular weight excluding hydrogens is 296 g/mol. The summed E-state index contributed by atoms with van der Waals surface area (Å²) in [5.41, 5.74) is 4.26. The number of hydrogen-bond donors (Lipinski definition) is 3. The lowest BCUT2D eigenvalue weighted by Crippen LogP contribution is -2.43. The number of nitrogens with one attached hydrogen (secondary N) is 3. The second-order valence-electron chi connectivity index (χ2n) is 4.70. The van der Waals surface area contributed by atoms with Crippen molar-refractivity contribution in [3.05, 3.63) is 42.5 Å². The van der Waals surface area contributed by atoms with Crippen LogP contribution in [0.1, 0.15) is 16.8 Å². The molecule has 0 spiro atoms. The Balaban J connectivity index is 1.99. The fourth-order valence-corrected chi connectivity index (χ4v) is 1.74. The first-order chi connectivity index (χ1) is 10.3. The Kier molecular flexibility index (Phi) is 4.20. The minimum atomic E-state index is -3.01. The van der Waals surface area contributed by atoms with E-state index in [-0.39, 0.29) is 11.3 Å². The van der Waals surface area contributed by atoms with Gasteiger partial charge in [-0.3, -0.25) is 25.2 Å². The van der Waals surface area contributed by atoms with E-state index in [1.807, 2.05) is 10.9 Å². The summed E-state index contributed by atoms with van der Waals surface area (Å²) in [4.78, 5) is 34.6. The van der Waals surface area contributed by atoms with Gasteiger partial charge in [0.25, 0.3) is 11.8 Å². The summed E-state index contributed by atoms with van der Waals surface area (Å²) < 4.78 is 25.4. The van der Waals surface area contributed by atoms with Gasteiger partial charge < -0.3 is 5.32 Å². The van der Waals surface area contributed by atoms with E-state index in [0.717, 1.165) is 6.08 Å². The summed E-state index contributed by atoms with van der Waals surface area (Å²) in [6, 6.07) is 6.03. The third kappa shape index (κ3) is 3.46. The largest absolute Gasteiger partial charge is 0.322 e. The minimum absolute atomic E-state index is 0.0700. The van der Waals surface area contributed by atoms with E-state index in [2.05, 4.69) is 11.9 Å². The van der Waals surface area contributed by atoms with Gasteiger partial charge in [0, 0.05) is 6.42 Å². The Bertz CT molecular complexity index is 646. The van der Waals surface area contributed by atoms with Crippen LogP contribution in [0, 0.1) is 5.92 Å². The van der Waals surface area contributed by atoms with Crippen molar-refractivity contribution in [1.82, 2.24) is 10.9 Å². The number of rotatable bonds is 4. The van der Waals surface area contributed by atoms with Gasteiger partial charge in [-0.15, -0.1) is 0 Å². The average Bonchev–Trinajstić information content (AvgIpc) is 3.13. The number of hydrogen-bond acceptors (Lipinski definition) is 3. The predicted octanol–water partition coefficient (Wildman–Crippen LogP) is 1.23. The molecule has 0 aliphatic heterocycles. The number of para-hydroxylation sites is 1. The van der Waals surface area contributed by atoms with Crippen LogP contribution in [0.25, 0.3) is 0 Å². The molecule has 6 nitrogen and oxygen atoms in total. The van der Waals surface area contributed by atoms with Gasteiger partial charge in [-0.2, -0.15) is 0 Å². The van der Waals surface area contributed by atoms with Crippen molar-refractivity contribution in [3.8, 4) is 0 Å². The molecule has 1 aliphatic carbocycles. The van der Waals surface area contributed by atoms with Crippen molar-refractivity contribution >= 4 is 23.4 Å². The standard InChI is InChI=1S/C14H13F2N3O3/c1-2-11(20)17-10-6-4-3-5-8(10)12(21)18-19-13(22)9-7-14(9,15)16/h2-6,9H,1,7H2,(H,17,20)(H,18,21)(H,19,22). The average molecular weight is 309 g/mol. The highest BCUT2D eigenvalue weighted by atomic mass is 19.3. The SMILES string of the molecule is C=CC(=O)Nc1ccccc1C(=O)NNC(=O)C1CC1(F)F. The highest BCUT2D eigenvalue weighted by Gasteiger charge is 2.61. The molecule has 116 valence electrons. The van der Waals surface area contributed by atoms with Crippen LogP contribution in [-0.4, -0.2) is 23.6 Å². The van der Waals surface area contributed by atoms with E-state index in [9.17, 15) is 23.2 Å². The molecule has 0 bridgehead atoms. The van der Waals surface area contributed by atoms with Crippen LogP contribution in [-0.2, 0) is 9.59 Å². The molecule has 0 heterocycles. The smallest absolute Gasteiger partial charge is 0.271 e. The van der Waals surface area contributed by atoms with E-state index >= 15 is 0 Å². The van der Waals surface area contributed by atoms with E-state index in [1.165, 1.54) is 12.1 Å². The van der Waals surface area contributed by atoms with E-state index < -0.39 is 36.0 Å². The molecule has 2 rings (SSSR count). The molecule has 3 amide bonds. The maximum Gasteiger partial charge on any atom is 0.271 e. The zero-order chi connectivity index (χ0) is 16.3. The van der Waals surface area contributed by atoms with Gasteiger partial charge in [0.2, 0.25) is 11.8 Å². The van der Waals surface area contributed by atoms with Gasteiger partial charge in [-0.25, -0.2) is 8.78 Å². The number of halogens is 2. The van der Waals surface area contributed by atoms with Crippen LogP contribution in [0.3, 0.4) is 0 Å². The molecule has 22 heavy (non-hydrogen) atoms. The molecule has 0 saturated heterocycles. The maximum absolute atomic E-state index is 12.7. The van der Waals surface area contributed by atoms with Crippen molar-refractivity contribution in [2.75, 3.05) is 5.32 Å². The highest BCUT2D eigenvalue weighted by molar-refractivity contribution is 6.06. The maximum atomic E-state index is 12.7. The van der Waals surface area contributed by atoms with Crippen LogP contribution < -0.4 is 16.2 Å². The molecule has 0 radical (unpaired) electrons. The van der Waals surface area contributed by atoms with Crippen LogP contribution in [0.5, 0.6) is 0 Å². The molecule has 8 heteroatoms. The molecule has 1 saturated carbocycles. The van der Waals surface area contributed by atoms with Crippen LogP contribution in [0.15, 0.2) is 36.9 Å². The predicted molar refractivity (Wildman–Crippen MR) is 73.9 cm³/mol. The molecule has 1 aromatic rings. The third-order valence-electron chi connectivity index (χ3n) is 3.06. The van der Waals surface area contributed by atoms with Gasteiger partial charge in [-0.05, 0) is 18.2 Å². The molecule has 1 aromatic carbocycles. The number of benzene rings is 1. The molecular formula is C14H13F2N3O3. The number of anilines is 1. The zero-order valence-electron chi connectivity index (χ0n) is 11.4. The van der Waals surface area contributed by atoms with Crippen molar-refractivity contribution in [2.45, 2.75) is 12.3 Å². The lowest BCUT2D eigenvalue weighted by Gasteiger charge is -2.11. The highest BCUT2D eigenvalue weighted by Crippen LogP contribution is 2.48. The Morgan fingerprint density at radius 2 is 1.86 bits per heavy atom. The zero-order valence-corrected chi connectivity index (χ0v) is 11.4. The number of alkyl halides is 2. The van der Waals surface area contributed by atoms with Crippen molar-refractivity contribution < 1.29 is 23.2 Å². The Labute approximate surface area is 124 Å². The Morgan fingerprint density at radius 3 is 2.45 bits per heavy atom. The van der Waals surface area contributed by atoms with Gasteiger partial charge in [-0.1, -0.05) is 18.7 Å². The normalized spacial score (nSPS) is 18.0. The number of carbonyl (C=O) groups is 3. The second kappa shape index (κ2) is 5.92. The number of carbonyl (C=O) groups excluding carboxylic acids is 3. The summed E-state index contributed by atoms with van der Waals surface area (Å²) in [5.74, 6) is -6.63. The molecule has 1 fully saturated rings. The third-order valence-corrected chi connectivity index (χ3v) is 3.06. The van der Waals surface area contributed by atoms with Gasteiger partial charge in [0.1, 0.15) is 5.92 Å². The van der Waals surface area contributed by atoms with Crippen molar-refractivity contribution in [2.24, 2.45) is 5.92 Å². The van der Waals surface area contributed by atoms with Crippen LogP contribution in [0.2, 0.25) is 0 Å². The summed E-state index contributed by atoms with van der Waals surface area (Å²) in [7, 11) is 0. The Morgan fingerprint density at radius 1 is 1.23 bits per heavy atom. The first kappa shape index (κ1) is 15.6. The first-order valence-electron chi connectivity index (χ1n) is 6.35. The fourth-order valence-electron chi connectivity index (χ4n) is 1.74. The molecule has 3 N–H and O–H groups in total. The lowest BCUT2D eigenvalue weighted by atomic mass is 10.1. The summed E-state index contributed by atoms with van der Waals surface area (Å²) in [6.45, 7) is 3.29. The minimum Gasteiger partial charge on any atom is -0.322 e. The molecule has 1 aliphatic rings. The van der Waals surface area contributed by atoms with Gasteiger partial charge in [0.05, 0.1) is 11.3 Å². The summed E-state index contributed by atoms with van der Waals surface area (Å²) >= 11 is 0. The number of amides is 3. The topological polar surface area (TPSA) is 87.3 Å². The van der Waals surface area contributed by atoms with E-state index in [0.29, 0.717) is 0 Å². The molecule has 1 unspecified atom stereocenters. The van der Waals surface area contributed by atoms with E-state index in [1.54, 1.807) is 12.1 Å².